The first-order chi connectivity index (χ1) is 28.3. The maximum atomic E-state index is 5.25. The molecule has 0 saturated heterocycles. The summed E-state index contributed by atoms with van der Waals surface area (Å²) in [6.07, 6.45) is 3.61. The molecule has 0 spiro atoms. The van der Waals surface area contributed by atoms with Crippen LogP contribution in [-0.4, -0.2) is 29.5 Å². The van der Waals surface area contributed by atoms with Gasteiger partial charge in [-0.1, -0.05) is 115 Å². The average molecular weight is 729 g/mol. The highest BCUT2D eigenvalue weighted by atomic mass is 15.0. The minimum Gasteiger partial charge on any atom is -0.309 e. The quantitative estimate of drug-likeness (QED) is 0.176. The smallest absolute Gasteiger partial charge is 0.164 e. The second-order valence-corrected chi connectivity index (χ2v) is 14.8. The highest BCUT2D eigenvalue weighted by molar-refractivity contribution is 6.10. The number of rotatable bonds is 5. The summed E-state index contributed by atoms with van der Waals surface area (Å²) in [4.78, 5) is 24.7. The Morgan fingerprint density at radius 2 is 0.825 bits per heavy atom. The Morgan fingerprint density at radius 3 is 1.49 bits per heavy atom. The van der Waals surface area contributed by atoms with Crippen molar-refractivity contribution in [3.05, 3.63) is 216 Å². The molecule has 10 aromatic rings. The lowest BCUT2D eigenvalue weighted by atomic mass is 9.61. The van der Waals surface area contributed by atoms with Crippen LogP contribution in [0.25, 0.3) is 73.0 Å². The van der Waals surface area contributed by atoms with Crippen LogP contribution in [0.15, 0.2) is 182 Å². The topological polar surface area (TPSA) is 69.4 Å². The van der Waals surface area contributed by atoms with Gasteiger partial charge in [0, 0.05) is 62.9 Å². The second-order valence-electron chi connectivity index (χ2n) is 14.8. The summed E-state index contributed by atoms with van der Waals surface area (Å²) in [5, 5.41) is 2.34. The lowest BCUT2D eigenvalue weighted by Crippen LogP contribution is -2.27. The van der Waals surface area contributed by atoms with Crippen molar-refractivity contribution in [3.8, 4) is 51.2 Å². The molecule has 13 rings (SSSR count). The molecule has 0 amide bonds. The largest absolute Gasteiger partial charge is 0.309 e. The zero-order chi connectivity index (χ0) is 37.5. The monoisotopic (exact) mass is 728 g/mol. The van der Waals surface area contributed by atoms with E-state index in [0.717, 1.165) is 50.2 Å². The summed E-state index contributed by atoms with van der Waals surface area (Å²) < 4.78 is 2.33. The van der Waals surface area contributed by atoms with Gasteiger partial charge >= 0.3 is 0 Å². The number of para-hydroxylation sites is 2. The van der Waals surface area contributed by atoms with E-state index in [1.165, 1.54) is 38.8 Å². The molecule has 0 N–H and O–H groups in total. The highest BCUT2D eigenvalue weighted by Gasteiger charge is 2.41. The first-order valence-corrected chi connectivity index (χ1v) is 19.3. The van der Waals surface area contributed by atoms with E-state index in [9.17, 15) is 0 Å². The predicted octanol–water partition coefficient (Wildman–Crippen LogP) is 11.4. The van der Waals surface area contributed by atoms with E-state index in [1.807, 2.05) is 24.3 Å². The van der Waals surface area contributed by atoms with E-state index in [2.05, 4.69) is 160 Å². The summed E-state index contributed by atoms with van der Waals surface area (Å²) in [5.74, 6) is 2.87. The zero-order valence-corrected chi connectivity index (χ0v) is 30.7. The van der Waals surface area contributed by atoms with E-state index in [1.54, 1.807) is 12.4 Å². The molecular weight excluding hydrogens is 697 g/mol. The molecule has 266 valence electrons. The van der Waals surface area contributed by atoms with Crippen molar-refractivity contribution in [2.75, 3.05) is 0 Å². The molecule has 2 atom stereocenters. The van der Waals surface area contributed by atoms with E-state index in [-0.39, 0.29) is 11.8 Å². The molecule has 0 fully saturated rings. The molecule has 0 aliphatic heterocycles. The maximum absolute atomic E-state index is 5.25. The summed E-state index contributed by atoms with van der Waals surface area (Å²) in [6.45, 7) is 0. The lowest BCUT2D eigenvalue weighted by molar-refractivity contribution is 0.754. The van der Waals surface area contributed by atoms with Crippen LogP contribution in [-0.2, 0) is 0 Å². The third-order valence-corrected chi connectivity index (χ3v) is 11.7. The van der Waals surface area contributed by atoms with Crippen molar-refractivity contribution in [1.82, 2.24) is 29.5 Å². The van der Waals surface area contributed by atoms with Crippen molar-refractivity contribution in [3.63, 3.8) is 0 Å². The summed E-state index contributed by atoms with van der Waals surface area (Å²) in [5.41, 5.74) is 15.3. The molecular formula is C51H32N6. The molecule has 2 bridgehead atoms. The number of aromatic nitrogens is 6. The minimum absolute atomic E-state index is 0.0844. The molecule has 6 nitrogen and oxygen atoms in total. The fourth-order valence-corrected chi connectivity index (χ4v) is 9.26. The van der Waals surface area contributed by atoms with Crippen LogP contribution >= 0.6 is 0 Å². The van der Waals surface area contributed by atoms with Crippen LogP contribution in [0.3, 0.4) is 0 Å². The number of fused-ring (bicyclic) bond motifs is 3. The van der Waals surface area contributed by atoms with Crippen molar-refractivity contribution < 1.29 is 0 Å². The lowest BCUT2D eigenvalue weighted by Gasteiger charge is -2.42. The number of benzene rings is 7. The van der Waals surface area contributed by atoms with E-state index in [0.29, 0.717) is 17.5 Å². The van der Waals surface area contributed by atoms with Gasteiger partial charge in [0.05, 0.1) is 11.0 Å². The normalized spacial score (nSPS) is 15.0. The maximum Gasteiger partial charge on any atom is 0.164 e. The number of hydrogen-bond acceptors (Lipinski definition) is 5. The molecule has 6 heteroatoms. The van der Waals surface area contributed by atoms with Crippen LogP contribution < -0.4 is 0 Å². The third kappa shape index (κ3) is 4.94. The van der Waals surface area contributed by atoms with E-state index >= 15 is 0 Å². The Morgan fingerprint density at radius 1 is 0.333 bits per heavy atom. The second kappa shape index (κ2) is 12.5. The first-order valence-electron chi connectivity index (χ1n) is 19.3. The zero-order valence-electron chi connectivity index (χ0n) is 30.7. The van der Waals surface area contributed by atoms with Crippen LogP contribution in [0.1, 0.15) is 45.2 Å². The summed E-state index contributed by atoms with van der Waals surface area (Å²) >= 11 is 0. The molecule has 3 aliphatic rings. The van der Waals surface area contributed by atoms with Gasteiger partial charge in [-0.2, -0.15) is 0 Å². The standard InChI is InChI=1S/C51H32N6/c1-3-12-31(13-4-1)49-54-50(56-51(55-49)34-22-25-45-41(28-34)36-16-9-10-19-44(36)57(45)35-14-5-2-6-15-35)33-21-24-40-43(30-33)47-38-18-8-7-17-37(38)46(40)42-29-32(20-23-39(42)47)48-52-26-11-27-53-48/h1-30,46-47H. The van der Waals surface area contributed by atoms with Gasteiger partial charge in [-0.05, 0) is 88.0 Å². The van der Waals surface area contributed by atoms with Gasteiger partial charge < -0.3 is 4.57 Å². The van der Waals surface area contributed by atoms with E-state index < -0.39 is 0 Å². The fraction of sp³-hybridized carbons (Fsp3) is 0.0392. The van der Waals surface area contributed by atoms with Crippen LogP contribution in [0, 0.1) is 0 Å². The van der Waals surface area contributed by atoms with Gasteiger partial charge in [0.2, 0.25) is 0 Å². The van der Waals surface area contributed by atoms with Crippen molar-refractivity contribution in [2.45, 2.75) is 11.8 Å². The van der Waals surface area contributed by atoms with Gasteiger partial charge in [0.25, 0.3) is 0 Å². The Hall–Kier alpha value is -7.57. The van der Waals surface area contributed by atoms with Crippen molar-refractivity contribution in [2.24, 2.45) is 0 Å². The SMILES string of the molecule is c1ccc(-c2nc(-c3ccc4c(c3)C3c5ccccc5C4c4cc(-c5ncccn5)ccc43)nc(-c3ccc4c(c3)c3ccccc3n4-c3ccccc3)n2)cc1. The number of hydrogen-bond donors (Lipinski definition) is 0. The molecule has 3 heterocycles. The molecule has 3 aromatic heterocycles. The third-order valence-electron chi connectivity index (χ3n) is 11.7. The Labute approximate surface area is 328 Å². The number of nitrogens with zero attached hydrogens (tertiary/aromatic N) is 6. The van der Waals surface area contributed by atoms with Crippen molar-refractivity contribution in [1.29, 1.82) is 0 Å². The van der Waals surface area contributed by atoms with Crippen LogP contribution in [0.2, 0.25) is 0 Å². The van der Waals surface area contributed by atoms with Crippen molar-refractivity contribution >= 4 is 21.8 Å². The van der Waals surface area contributed by atoms with Gasteiger partial charge in [0.15, 0.2) is 23.3 Å². The molecule has 7 aromatic carbocycles. The molecule has 57 heavy (non-hydrogen) atoms. The Kier molecular flexibility index (Phi) is 6.95. The highest BCUT2D eigenvalue weighted by Crippen LogP contribution is 2.56. The van der Waals surface area contributed by atoms with Crippen LogP contribution in [0.5, 0.6) is 0 Å². The minimum atomic E-state index is 0.0844. The molecule has 2 unspecified atom stereocenters. The fourth-order valence-electron chi connectivity index (χ4n) is 9.26. The Balaban J connectivity index is 1.02. The molecule has 3 aliphatic carbocycles. The summed E-state index contributed by atoms with van der Waals surface area (Å²) in [6, 6.07) is 60.2. The first kappa shape index (κ1) is 31.7. The van der Waals surface area contributed by atoms with Gasteiger partial charge in [-0.25, -0.2) is 24.9 Å². The average Bonchev–Trinajstić information content (AvgIpc) is 3.63. The predicted molar refractivity (Wildman–Crippen MR) is 226 cm³/mol. The van der Waals surface area contributed by atoms with Gasteiger partial charge in [-0.3, -0.25) is 0 Å². The molecule has 0 saturated carbocycles. The Bertz CT molecular complexity index is 3190. The van der Waals surface area contributed by atoms with Gasteiger partial charge in [-0.15, -0.1) is 0 Å². The summed E-state index contributed by atoms with van der Waals surface area (Å²) in [7, 11) is 0. The van der Waals surface area contributed by atoms with Crippen LogP contribution in [0.4, 0.5) is 0 Å². The molecule has 0 radical (unpaired) electrons. The van der Waals surface area contributed by atoms with Gasteiger partial charge in [0.1, 0.15) is 0 Å². The van der Waals surface area contributed by atoms with E-state index in [4.69, 9.17) is 15.0 Å².